The van der Waals surface area contributed by atoms with Crippen LogP contribution in [0, 0.1) is 0 Å². The molecule has 2 aliphatic rings. The zero-order valence-electron chi connectivity index (χ0n) is 11.5. The van der Waals surface area contributed by atoms with Gasteiger partial charge in [-0.2, -0.15) is 0 Å². The largest absolute Gasteiger partial charge is 0.318 e. The Kier molecular flexibility index (Phi) is 5.75. The average Bonchev–Trinajstić information content (AvgIpc) is 2.66. The molecule has 0 spiro atoms. The van der Waals surface area contributed by atoms with Crippen LogP contribution in [-0.4, -0.2) is 62.2 Å². The van der Waals surface area contributed by atoms with Crippen LogP contribution < -0.4 is 5.32 Å². The van der Waals surface area contributed by atoms with Crippen LogP contribution in [0.4, 0.5) is 0 Å². The summed E-state index contributed by atoms with van der Waals surface area (Å²) < 4.78 is 0. The number of nitrogens with one attached hydrogen (secondary N) is 1. The molecule has 0 unspecified atom stereocenters. The van der Waals surface area contributed by atoms with Crippen molar-refractivity contribution >= 4 is 0 Å². The number of hydrogen-bond acceptors (Lipinski definition) is 3. The van der Waals surface area contributed by atoms with Crippen molar-refractivity contribution in [1.29, 1.82) is 0 Å². The van der Waals surface area contributed by atoms with Gasteiger partial charge < -0.3 is 5.32 Å². The van der Waals surface area contributed by atoms with Crippen LogP contribution >= 0.6 is 0 Å². The third-order valence-electron chi connectivity index (χ3n) is 4.43. The molecule has 0 radical (unpaired) electrons. The van der Waals surface area contributed by atoms with E-state index >= 15 is 0 Å². The predicted molar refractivity (Wildman–Crippen MR) is 73.4 cm³/mol. The molecule has 1 saturated heterocycles. The molecule has 1 saturated carbocycles. The van der Waals surface area contributed by atoms with Crippen LogP contribution in [0.3, 0.4) is 0 Å². The van der Waals surface area contributed by atoms with Gasteiger partial charge in [0.2, 0.25) is 0 Å². The summed E-state index contributed by atoms with van der Waals surface area (Å²) in [5.74, 6) is 0. The van der Waals surface area contributed by atoms with Gasteiger partial charge in [0.1, 0.15) is 0 Å². The van der Waals surface area contributed by atoms with E-state index in [0.29, 0.717) is 0 Å². The first-order valence-electron chi connectivity index (χ1n) is 7.51. The lowest BCUT2D eigenvalue weighted by molar-refractivity contribution is 0.0898. The summed E-state index contributed by atoms with van der Waals surface area (Å²) in [4.78, 5) is 5.37. The number of nitrogens with zero attached hydrogens (tertiary/aromatic N) is 2. The minimum atomic E-state index is 0.906. The van der Waals surface area contributed by atoms with Gasteiger partial charge in [-0.3, -0.25) is 9.80 Å². The molecule has 2 fully saturated rings. The lowest BCUT2D eigenvalue weighted by Gasteiger charge is -2.39. The molecule has 0 aromatic rings. The number of piperazine rings is 1. The molecule has 3 nitrogen and oxygen atoms in total. The van der Waals surface area contributed by atoms with Gasteiger partial charge in [0.15, 0.2) is 0 Å². The first kappa shape index (κ1) is 13.3. The summed E-state index contributed by atoms with van der Waals surface area (Å²) in [6.07, 6.45) is 8.78. The molecule has 3 heteroatoms. The Hall–Kier alpha value is -0.120. The minimum absolute atomic E-state index is 0.906. The molecule has 1 aliphatic carbocycles. The molecule has 0 bridgehead atoms. The number of likely N-dealkylation sites (N-methyl/N-ethyl adjacent to an activating group) is 1. The maximum absolute atomic E-state index is 3.24. The summed E-state index contributed by atoms with van der Waals surface area (Å²) >= 11 is 0. The molecule has 0 aromatic carbocycles. The summed E-state index contributed by atoms with van der Waals surface area (Å²) in [6, 6.07) is 0.906. The van der Waals surface area contributed by atoms with Gasteiger partial charge in [-0.15, -0.1) is 0 Å². The van der Waals surface area contributed by atoms with Crippen LogP contribution in [0.2, 0.25) is 0 Å². The average molecular weight is 239 g/mol. The number of rotatable bonds is 4. The predicted octanol–water partition coefficient (Wildman–Crippen LogP) is 1.55. The molecular weight excluding hydrogens is 210 g/mol. The van der Waals surface area contributed by atoms with Gasteiger partial charge in [0.05, 0.1) is 0 Å². The molecule has 1 N–H and O–H groups in total. The lowest BCUT2D eigenvalue weighted by Crippen LogP contribution is -2.51. The van der Waals surface area contributed by atoms with Crippen molar-refractivity contribution in [3.63, 3.8) is 0 Å². The maximum Gasteiger partial charge on any atom is 0.0113 e. The highest BCUT2D eigenvalue weighted by Crippen LogP contribution is 2.22. The maximum atomic E-state index is 3.24. The Morgan fingerprint density at radius 1 is 0.941 bits per heavy atom. The second-order valence-electron chi connectivity index (χ2n) is 5.63. The molecule has 0 aromatic heterocycles. The fraction of sp³-hybridized carbons (Fsp3) is 1.00. The second-order valence-corrected chi connectivity index (χ2v) is 5.63. The molecule has 2 rings (SSSR count). The van der Waals surface area contributed by atoms with Crippen molar-refractivity contribution in [1.82, 2.24) is 15.1 Å². The van der Waals surface area contributed by atoms with Crippen molar-refractivity contribution in [2.24, 2.45) is 0 Å². The first-order valence-corrected chi connectivity index (χ1v) is 7.51. The van der Waals surface area contributed by atoms with Crippen molar-refractivity contribution in [3.8, 4) is 0 Å². The summed E-state index contributed by atoms with van der Waals surface area (Å²) in [6.45, 7) is 7.50. The van der Waals surface area contributed by atoms with Gasteiger partial charge >= 0.3 is 0 Å². The molecule has 1 heterocycles. The van der Waals surface area contributed by atoms with Crippen LogP contribution in [0.15, 0.2) is 0 Å². The third-order valence-corrected chi connectivity index (χ3v) is 4.43. The summed E-state index contributed by atoms with van der Waals surface area (Å²) in [7, 11) is 2.04. The highest BCUT2D eigenvalue weighted by Gasteiger charge is 2.23. The highest BCUT2D eigenvalue weighted by molar-refractivity contribution is 4.80. The Labute approximate surface area is 107 Å². The standard InChI is InChI=1S/C14H29N3/c1-15-8-9-16-10-12-17(13-11-16)14-6-4-2-3-5-7-14/h14-15H,2-13H2,1H3. The van der Waals surface area contributed by atoms with Crippen molar-refractivity contribution < 1.29 is 0 Å². The van der Waals surface area contributed by atoms with Crippen molar-refractivity contribution in [2.45, 2.75) is 44.6 Å². The van der Waals surface area contributed by atoms with Gasteiger partial charge in [-0.05, 0) is 19.9 Å². The topological polar surface area (TPSA) is 18.5 Å². The molecule has 0 atom stereocenters. The van der Waals surface area contributed by atoms with Crippen LogP contribution in [0.1, 0.15) is 38.5 Å². The molecule has 1 aliphatic heterocycles. The van der Waals surface area contributed by atoms with E-state index in [9.17, 15) is 0 Å². The van der Waals surface area contributed by atoms with E-state index in [0.717, 1.165) is 12.6 Å². The highest BCUT2D eigenvalue weighted by atomic mass is 15.3. The molecular formula is C14H29N3. The molecule has 100 valence electrons. The van der Waals surface area contributed by atoms with Gasteiger partial charge in [-0.25, -0.2) is 0 Å². The number of hydrogen-bond donors (Lipinski definition) is 1. The van der Waals surface area contributed by atoms with E-state index in [1.807, 2.05) is 7.05 Å². The van der Waals surface area contributed by atoms with E-state index in [1.165, 1.54) is 71.2 Å². The first-order chi connectivity index (χ1) is 8.40. The molecule has 0 amide bonds. The monoisotopic (exact) mass is 239 g/mol. The van der Waals surface area contributed by atoms with Crippen LogP contribution in [0.5, 0.6) is 0 Å². The lowest BCUT2D eigenvalue weighted by atomic mass is 10.1. The summed E-state index contributed by atoms with van der Waals surface area (Å²) in [5, 5.41) is 3.24. The molecule has 17 heavy (non-hydrogen) atoms. The van der Waals surface area contributed by atoms with Gasteiger partial charge in [0, 0.05) is 45.3 Å². The zero-order valence-corrected chi connectivity index (χ0v) is 11.5. The Balaban J connectivity index is 1.70. The summed E-state index contributed by atoms with van der Waals surface area (Å²) in [5.41, 5.74) is 0. The minimum Gasteiger partial charge on any atom is -0.318 e. The van der Waals surface area contributed by atoms with E-state index in [-0.39, 0.29) is 0 Å². The van der Waals surface area contributed by atoms with Crippen molar-refractivity contribution in [2.75, 3.05) is 46.3 Å². The SMILES string of the molecule is CNCCN1CCN(C2CCCCCC2)CC1. The normalized spacial score (nSPS) is 25.9. The fourth-order valence-corrected chi connectivity index (χ4v) is 3.24. The van der Waals surface area contributed by atoms with Gasteiger partial charge in [-0.1, -0.05) is 25.7 Å². The van der Waals surface area contributed by atoms with Crippen LogP contribution in [0.25, 0.3) is 0 Å². The van der Waals surface area contributed by atoms with E-state index in [4.69, 9.17) is 0 Å². The third kappa shape index (κ3) is 4.23. The smallest absolute Gasteiger partial charge is 0.0113 e. The van der Waals surface area contributed by atoms with Crippen LogP contribution in [-0.2, 0) is 0 Å². The quantitative estimate of drug-likeness (QED) is 0.751. The van der Waals surface area contributed by atoms with Crippen molar-refractivity contribution in [3.05, 3.63) is 0 Å². The Morgan fingerprint density at radius 2 is 1.59 bits per heavy atom. The van der Waals surface area contributed by atoms with E-state index < -0.39 is 0 Å². The van der Waals surface area contributed by atoms with E-state index in [1.54, 1.807) is 0 Å². The Bertz CT molecular complexity index is 192. The fourth-order valence-electron chi connectivity index (χ4n) is 3.24. The Morgan fingerprint density at radius 3 is 2.18 bits per heavy atom. The zero-order chi connectivity index (χ0) is 11.9. The van der Waals surface area contributed by atoms with E-state index in [2.05, 4.69) is 15.1 Å². The van der Waals surface area contributed by atoms with Gasteiger partial charge in [0.25, 0.3) is 0 Å². The second kappa shape index (κ2) is 7.34.